The van der Waals surface area contributed by atoms with Gasteiger partial charge in [0, 0.05) is 17.1 Å². The summed E-state index contributed by atoms with van der Waals surface area (Å²) >= 11 is 1.12. The smallest absolute Gasteiger partial charge is 0.398 e. The van der Waals surface area contributed by atoms with E-state index in [4.69, 9.17) is 5.73 Å². The van der Waals surface area contributed by atoms with E-state index in [9.17, 15) is 18.0 Å². The Labute approximate surface area is 113 Å². The molecular formula is C12H15F3N2OS. The third-order valence-electron chi connectivity index (χ3n) is 2.27. The molecule has 0 aliphatic rings. The molecule has 0 aromatic heterocycles. The fourth-order valence-electron chi connectivity index (χ4n) is 1.31. The van der Waals surface area contributed by atoms with Gasteiger partial charge in [-0.1, -0.05) is 6.92 Å². The zero-order chi connectivity index (χ0) is 14.5. The summed E-state index contributed by atoms with van der Waals surface area (Å²) in [5, 5.41) is 2.68. The first-order valence-corrected chi connectivity index (χ1v) is 6.69. The molecule has 1 aromatic rings. The summed E-state index contributed by atoms with van der Waals surface area (Å²) in [7, 11) is 0. The second-order valence-corrected chi connectivity index (χ2v) is 4.91. The topological polar surface area (TPSA) is 55.1 Å². The van der Waals surface area contributed by atoms with Gasteiger partial charge in [0.05, 0.1) is 11.3 Å². The number of rotatable bonds is 5. The Balaban J connectivity index is 2.63. The Morgan fingerprint density at radius 3 is 2.63 bits per heavy atom. The van der Waals surface area contributed by atoms with Crippen molar-refractivity contribution in [3.8, 4) is 0 Å². The number of anilines is 1. The van der Waals surface area contributed by atoms with Crippen LogP contribution in [0.15, 0.2) is 23.1 Å². The maximum Gasteiger partial charge on any atom is 0.416 e. The first-order chi connectivity index (χ1) is 8.84. The Hall–Kier alpha value is -1.37. The third-order valence-corrected chi connectivity index (χ3v) is 3.36. The summed E-state index contributed by atoms with van der Waals surface area (Å²) in [6, 6.07) is 3.13. The van der Waals surface area contributed by atoms with Gasteiger partial charge in [0.2, 0.25) is 5.91 Å². The molecule has 0 radical (unpaired) electrons. The van der Waals surface area contributed by atoms with Crippen LogP contribution in [0.5, 0.6) is 0 Å². The highest BCUT2D eigenvalue weighted by Crippen LogP contribution is 2.34. The molecule has 0 atom stereocenters. The summed E-state index contributed by atoms with van der Waals surface area (Å²) in [6.45, 7) is 2.52. The molecule has 0 unspecified atom stereocenters. The molecule has 7 heteroatoms. The first kappa shape index (κ1) is 15.7. The molecule has 0 fully saturated rings. The lowest BCUT2D eigenvalue weighted by Crippen LogP contribution is -2.25. The maximum absolute atomic E-state index is 12.4. The molecule has 0 aliphatic heterocycles. The molecule has 3 nitrogen and oxygen atoms in total. The quantitative estimate of drug-likeness (QED) is 0.648. The van der Waals surface area contributed by atoms with Gasteiger partial charge >= 0.3 is 6.18 Å². The van der Waals surface area contributed by atoms with Crippen molar-refractivity contribution in [1.82, 2.24) is 5.32 Å². The van der Waals surface area contributed by atoms with Crippen molar-refractivity contribution < 1.29 is 18.0 Å². The minimum Gasteiger partial charge on any atom is -0.398 e. The Morgan fingerprint density at radius 1 is 1.42 bits per heavy atom. The molecule has 0 spiro atoms. The van der Waals surface area contributed by atoms with Gasteiger partial charge in [0.25, 0.3) is 0 Å². The molecule has 1 amide bonds. The fraction of sp³-hybridized carbons (Fsp3) is 0.417. The highest BCUT2D eigenvalue weighted by molar-refractivity contribution is 8.00. The molecule has 19 heavy (non-hydrogen) atoms. The molecule has 0 heterocycles. The van der Waals surface area contributed by atoms with Crippen LogP contribution in [0, 0.1) is 0 Å². The number of carbonyl (C=O) groups excluding carboxylic acids is 1. The van der Waals surface area contributed by atoms with Gasteiger partial charge in [-0.25, -0.2) is 0 Å². The number of thioether (sulfide) groups is 1. The minimum absolute atomic E-state index is 0.0307. The van der Waals surface area contributed by atoms with E-state index in [-0.39, 0.29) is 17.3 Å². The lowest BCUT2D eigenvalue weighted by molar-refractivity contribution is -0.137. The van der Waals surface area contributed by atoms with Crippen molar-refractivity contribution in [1.29, 1.82) is 0 Å². The summed E-state index contributed by atoms with van der Waals surface area (Å²) in [5.41, 5.74) is 4.80. The van der Waals surface area contributed by atoms with Crippen LogP contribution in [0.3, 0.4) is 0 Å². The van der Waals surface area contributed by atoms with Crippen LogP contribution in [0.2, 0.25) is 0 Å². The van der Waals surface area contributed by atoms with Crippen molar-refractivity contribution in [2.24, 2.45) is 0 Å². The van der Waals surface area contributed by atoms with Crippen molar-refractivity contribution in [3.63, 3.8) is 0 Å². The van der Waals surface area contributed by atoms with Crippen LogP contribution in [0.25, 0.3) is 0 Å². The zero-order valence-corrected chi connectivity index (χ0v) is 11.2. The first-order valence-electron chi connectivity index (χ1n) is 5.70. The van der Waals surface area contributed by atoms with E-state index in [0.717, 1.165) is 30.3 Å². The van der Waals surface area contributed by atoms with Gasteiger partial charge in [-0.3, -0.25) is 4.79 Å². The highest BCUT2D eigenvalue weighted by atomic mass is 32.2. The van der Waals surface area contributed by atoms with Crippen LogP contribution >= 0.6 is 11.8 Å². The van der Waals surface area contributed by atoms with Crippen LogP contribution in [0.4, 0.5) is 18.9 Å². The van der Waals surface area contributed by atoms with E-state index in [1.165, 1.54) is 6.07 Å². The molecule has 106 valence electrons. The summed E-state index contributed by atoms with van der Waals surface area (Å²) in [5.74, 6) is -0.0265. The molecular weight excluding hydrogens is 277 g/mol. The number of benzene rings is 1. The van der Waals surface area contributed by atoms with E-state index in [1.807, 2.05) is 6.92 Å². The lowest BCUT2D eigenvalue weighted by atomic mass is 10.2. The summed E-state index contributed by atoms with van der Waals surface area (Å²) in [4.78, 5) is 11.8. The maximum atomic E-state index is 12.4. The second-order valence-electron chi connectivity index (χ2n) is 3.89. The Morgan fingerprint density at radius 2 is 2.11 bits per heavy atom. The monoisotopic (exact) mass is 292 g/mol. The standard InChI is InChI=1S/C12H15F3N2OS/c1-2-5-17-11(18)7-19-10-4-3-8(6-9(10)16)12(13,14)15/h3-4,6H,2,5,7,16H2,1H3,(H,17,18). The van der Waals surface area contributed by atoms with E-state index in [2.05, 4.69) is 5.32 Å². The normalized spacial score (nSPS) is 11.4. The van der Waals surface area contributed by atoms with E-state index >= 15 is 0 Å². The van der Waals surface area contributed by atoms with Crippen molar-refractivity contribution in [3.05, 3.63) is 23.8 Å². The van der Waals surface area contributed by atoms with Gasteiger partial charge < -0.3 is 11.1 Å². The summed E-state index contributed by atoms with van der Waals surface area (Å²) in [6.07, 6.45) is -3.57. The SMILES string of the molecule is CCCNC(=O)CSc1ccc(C(F)(F)F)cc1N. The largest absolute Gasteiger partial charge is 0.416 e. The average Bonchev–Trinajstić information content (AvgIpc) is 2.33. The number of carbonyl (C=O) groups is 1. The Kier molecular flexibility index (Phi) is 5.53. The van der Waals surface area contributed by atoms with Crippen molar-refractivity contribution in [2.45, 2.75) is 24.4 Å². The number of alkyl halides is 3. The van der Waals surface area contributed by atoms with Crippen molar-refractivity contribution in [2.75, 3.05) is 18.0 Å². The number of hydrogen-bond donors (Lipinski definition) is 2. The van der Waals surface area contributed by atoms with Gasteiger partial charge in [0.15, 0.2) is 0 Å². The number of nitrogens with one attached hydrogen (secondary N) is 1. The van der Waals surface area contributed by atoms with Gasteiger partial charge in [0.1, 0.15) is 0 Å². The van der Waals surface area contributed by atoms with Crippen LogP contribution in [0.1, 0.15) is 18.9 Å². The predicted octanol–water partition coefficient (Wildman–Crippen LogP) is 2.91. The number of nitrogens with two attached hydrogens (primary N) is 1. The number of amides is 1. The Bertz CT molecular complexity index is 449. The molecule has 0 saturated carbocycles. The van der Waals surface area contributed by atoms with E-state index < -0.39 is 11.7 Å². The average molecular weight is 292 g/mol. The molecule has 3 N–H and O–H groups in total. The number of nitrogen functional groups attached to an aromatic ring is 1. The van der Waals surface area contributed by atoms with Crippen LogP contribution < -0.4 is 11.1 Å². The van der Waals surface area contributed by atoms with Gasteiger partial charge in [-0.15, -0.1) is 11.8 Å². The van der Waals surface area contributed by atoms with E-state index in [0.29, 0.717) is 11.4 Å². The van der Waals surface area contributed by atoms with Gasteiger partial charge in [-0.05, 0) is 24.6 Å². The highest BCUT2D eigenvalue weighted by Gasteiger charge is 2.30. The fourth-order valence-corrected chi connectivity index (χ4v) is 2.09. The number of halogens is 3. The zero-order valence-electron chi connectivity index (χ0n) is 10.4. The van der Waals surface area contributed by atoms with Crippen LogP contribution in [-0.4, -0.2) is 18.2 Å². The third kappa shape index (κ3) is 5.02. The van der Waals surface area contributed by atoms with Crippen molar-refractivity contribution >= 4 is 23.4 Å². The number of hydrogen-bond acceptors (Lipinski definition) is 3. The van der Waals surface area contributed by atoms with Crippen LogP contribution in [-0.2, 0) is 11.0 Å². The molecule has 0 bridgehead atoms. The minimum atomic E-state index is -4.41. The molecule has 1 aromatic carbocycles. The van der Waals surface area contributed by atoms with Gasteiger partial charge in [-0.2, -0.15) is 13.2 Å². The molecule has 1 rings (SSSR count). The molecule has 0 saturated heterocycles. The lowest BCUT2D eigenvalue weighted by Gasteiger charge is -2.10. The molecule has 0 aliphatic carbocycles. The second kappa shape index (κ2) is 6.70. The summed E-state index contributed by atoms with van der Waals surface area (Å²) < 4.78 is 37.3. The van der Waals surface area contributed by atoms with E-state index in [1.54, 1.807) is 0 Å². The predicted molar refractivity (Wildman–Crippen MR) is 69.9 cm³/mol.